The van der Waals surface area contributed by atoms with E-state index < -0.39 is 10.0 Å². The van der Waals surface area contributed by atoms with E-state index in [4.69, 9.17) is 0 Å². The number of anilines is 1. The Balaban J connectivity index is 2.50. The summed E-state index contributed by atoms with van der Waals surface area (Å²) >= 11 is 5.38. The van der Waals surface area contributed by atoms with Gasteiger partial charge in [0.1, 0.15) is 4.90 Å². The van der Waals surface area contributed by atoms with Gasteiger partial charge >= 0.3 is 0 Å². The van der Waals surface area contributed by atoms with E-state index in [9.17, 15) is 13.5 Å². The molecule has 0 aliphatic heterocycles. The summed E-state index contributed by atoms with van der Waals surface area (Å²) in [5.41, 5.74) is 1.83. The van der Waals surface area contributed by atoms with Crippen LogP contribution in [-0.2, 0) is 16.6 Å². The highest BCUT2D eigenvalue weighted by atomic mass is 127. The van der Waals surface area contributed by atoms with E-state index in [2.05, 4.69) is 43.2 Å². The standard InChI is InChI=1S/C14H13BrINO3S/c1-9-6-10(8-18)7-13(14(9)15)21(19,20)17-12-5-3-2-4-11(12)16/h2-7,17-18H,8H2,1H3. The smallest absolute Gasteiger partial charge is 0.263 e. The van der Waals surface area contributed by atoms with Crippen LogP contribution < -0.4 is 4.72 Å². The number of aliphatic hydroxyl groups excluding tert-OH is 1. The maximum Gasteiger partial charge on any atom is 0.263 e. The van der Waals surface area contributed by atoms with Gasteiger partial charge in [0.05, 0.1) is 12.3 Å². The third kappa shape index (κ3) is 3.77. The summed E-state index contributed by atoms with van der Waals surface area (Å²) in [7, 11) is -3.73. The number of sulfonamides is 1. The van der Waals surface area contributed by atoms with Gasteiger partial charge in [0.15, 0.2) is 0 Å². The minimum absolute atomic E-state index is 0.117. The summed E-state index contributed by atoms with van der Waals surface area (Å²) in [4.78, 5) is 0.117. The molecule has 0 atom stereocenters. The number of aryl methyl sites for hydroxylation is 1. The molecule has 2 aromatic carbocycles. The SMILES string of the molecule is Cc1cc(CO)cc(S(=O)(=O)Nc2ccccc2I)c1Br. The van der Waals surface area contributed by atoms with Gasteiger partial charge < -0.3 is 5.11 Å². The zero-order valence-corrected chi connectivity index (χ0v) is 15.7. The van der Waals surface area contributed by atoms with Crippen LogP contribution in [0.5, 0.6) is 0 Å². The molecule has 0 aromatic heterocycles. The van der Waals surface area contributed by atoms with Crippen LogP contribution in [0.4, 0.5) is 5.69 Å². The van der Waals surface area contributed by atoms with Crippen LogP contribution in [0.2, 0.25) is 0 Å². The predicted octanol–water partition coefficient (Wildman–Crippen LogP) is 3.66. The molecule has 2 N–H and O–H groups in total. The average Bonchev–Trinajstić information content (AvgIpc) is 2.43. The largest absolute Gasteiger partial charge is 0.392 e. The fourth-order valence-corrected chi connectivity index (χ4v) is 4.69. The minimum atomic E-state index is -3.73. The average molecular weight is 482 g/mol. The molecule has 112 valence electrons. The molecule has 21 heavy (non-hydrogen) atoms. The molecule has 7 heteroatoms. The number of para-hydroxylation sites is 1. The van der Waals surface area contributed by atoms with E-state index in [0.717, 1.165) is 9.13 Å². The highest BCUT2D eigenvalue weighted by Crippen LogP contribution is 2.29. The Morgan fingerprint density at radius 1 is 1.29 bits per heavy atom. The first-order chi connectivity index (χ1) is 9.85. The molecule has 0 fully saturated rings. The van der Waals surface area contributed by atoms with Gasteiger partial charge in [-0.2, -0.15) is 0 Å². The first-order valence-electron chi connectivity index (χ1n) is 6.02. The summed E-state index contributed by atoms with van der Waals surface area (Å²) in [6.45, 7) is 1.58. The number of hydrogen-bond acceptors (Lipinski definition) is 3. The lowest BCUT2D eigenvalue weighted by Crippen LogP contribution is -2.15. The fraction of sp³-hybridized carbons (Fsp3) is 0.143. The van der Waals surface area contributed by atoms with Crippen LogP contribution in [0.3, 0.4) is 0 Å². The van der Waals surface area contributed by atoms with Crippen molar-refractivity contribution in [1.29, 1.82) is 0 Å². The first kappa shape index (κ1) is 16.7. The van der Waals surface area contributed by atoms with Crippen molar-refractivity contribution in [2.45, 2.75) is 18.4 Å². The molecule has 0 bridgehead atoms. The third-order valence-corrected chi connectivity index (χ3v) is 6.52. The highest BCUT2D eigenvalue weighted by molar-refractivity contribution is 14.1. The quantitative estimate of drug-likeness (QED) is 0.655. The fourth-order valence-electron chi connectivity index (χ4n) is 1.84. The Kier molecular flexibility index (Phi) is 5.29. The second kappa shape index (κ2) is 6.64. The number of aliphatic hydroxyl groups is 1. The van der Waals surface area contributed by atoms with Gasteiger partial charge in [-0.3, -0.25) is 4.72 Å². The Hall–Kier alpha value is -0.640. The monoisotopic (exact) mass is 481 g/mol. The van der Waals surface area contributed by atoms with Crippen LogP contribution in [-0.4, -0.2) is 13.5 Å². The zero-order valence-electron chi connectivity index (χ0n) is 11.1. The molecule has 0 spiro atoms. The topological polar surface area (TPSA) is 66.4 Å². The molecule has 0 unspecified atom stereocenters. The van der Waals surface area contributed by atoms with Crippen molar-refractivity contribution in [2.24, 2.45) is 0 Å². The van der Waals surface area contributed by atoms with Crippen molar-refractivity contribution in [3.05, 3.63) is 55.6 Å². The van der Waals surface area contributed by atoms with Crippen LogP contribution in [0.15, 0.2) is 45.8 Å². The molecule has 0 amide bonds. The van der Waals surface area contributed by atoms with Gasteiger partial charge in [-0.15, -0.1) is 0 Å². The molecule has 0 radical (unpaired) electrons. The van der Waals surface area contributed by atoms with Crippen molar-refractivity contribution in [1.82, 2.24) is 0 Å². The predicted molar refractivity (Wildman–Crippen MR) is 94.8 cm³/mol. The van der Waals surface area contributed by atoms with Crippen LogP contribution >= 0.6 is 38.5 Å². The number of nitrogens with one attached hydrogen (secondary N) is 1. The number of halogens is 2. The molecule has 0 saturated heterocycles. The van der Waals surface area contributed by atoms with Crippen LogP contribution in [0, 0.1) is 10.5 Å². The second-order valence-electron chi connectivity index (χ2n) is 4.47. The summed E-state index contributed by atoms with van der Waals surface area (Å²) in [6.07, 6.45) is 0. The molecule has 4 nitrogen and oxygen atoms in total. The number of hydrogen-bond donors (Lipinski definition) is 2. The molecule has 2 aromatic rings. The molecule has 0 aliphatic carbocycles. The van der Waals surface area contributed by atoms with Crippen molar-refractivity contribution >= 4 is 54.2 Å². The van der Waals surface area contributed by atoms with Gasteiger partial charge in [-0.1, -0.05) is 18.2 Å². The molecular weight excluding hydrogens is 469 g/mol. The van der Waals surface area contributed by atoms with Gasteiger partial charge in [-0.25, -0.2) is 8.42 Å². The van der Waals surface area contributed by atoms with E-state index in [1.54, 1.807) is 25.1 Å². The van der Waals surface area contributed by atoms with E-state index >= 15 is 0 Å². The van der Waals surface area contributed by atoms with E-state index in [-0.39, 0.29) is 11.5 Å². The normalized spacial score (nSPS) is 11.4. The lowest BCUT2D eigenvalue weighted by atomic mass is 10.1. The summed E-state index contributed by atoms with van der Waals surface area (Å²) in [5, 5.41) is 9.25. The second-order valence-corrected chi connectivity index (χ2v) is 8.07. The Bertz CT molecular complexity index is 778. The molecule has 0 saturated carbocycles. The summed E-state index contributed by atoms with van der Waals surface area (Å²) in [5.74, 6) is 0. The Morgan fingerprint density at radius 3 is 2.57 bits per heavy atom. The summed E-state index contributed by atoms with van der Waals surface area (Å²) < 4.78 is 29.0. The first-order valence-corrected chi connectivity index (χ1v) is 9.38. The van der Waals surface area contributed by atoms with Crippen LogP contribution in [0.25, 0.3) is 0 Å². The molecule has 0 heterocycles. The van der Waals surface area contributed by atoms with Gasteiger partial charge in [-0.05, 0) is 74.8 Å². The Labute approximate surface area is 145 Å². The molecule has 0 aliphatic rings. The van der Waals surface area contributed by atoms with Crippen molar-refractivity contribution in [3.63, 3.8) is 0 Å². The lowest BCUT2D eigenvalue weighted by Gasteiger charge is -2.13. The number of benzene rings is 2. The minimum Gasteiger partial charge on any atom is -0.392 e. The van der Waals surface area contributed by atoms with Gasteiger partial charge in [0.2, 0.25) is 0 Å². The molecule has 2 rings (SSSR count). The van der Waals surface area contributed by atoms with E-state index in [0.29, 0.717) is 15.7 Å². The van der Waals surface area contributed by atoms with Gasteiger partial charge in [0.25, 0.3) is 10.0 Å². The Morgan fingerprint density at radius 2 is 1.95 bits per heavy atom. The van der Waals surface area contributed by atoms with E-state index in [1.165, 1.54) is 6.07 Å². The zero-order chi connectivity index (χ0) is 15.6. The van der Waals surface area contributed by atoms with Crippen molar-refractivity contribution in [3.8, 4) is 0 Å². The van der Waals surface area contributed by atoms with Crippen molar-refractivity contribution < 1.29 is 13.5 Å². The van der Waals surface area contributed by atoms with Gasteiger partial charge in [0, 0.05) is 8.04 Å². The maximum absolute atomic E-state index is 12.6. The van der Waals surface area contributed by atoms with E-state index in [1.807, 2.05) is 12.1 Å². The van der Waals surface area contributed by atoms with Crippen molar-refractivity contribution in [2.75, 3.05) is 4.72 Å². The van der Waals surface area contributed by atoms with Crippen LogP contribution in [0.1, 0.15) is 11.1 Å². The highest BCUT2D eigenvalue weighted by Gasteiger charge is 2.20. The summed E-state index contributed by atoms with van der Waals surface area (Å²) in [6, 6.07) is 10.3. The maximum atomic E-state index is 12.6. The lowest BCUT2D eigenvalue weighted by molar-refractivity contribution is 0.281. The number of rotatable bonds is 4. The molecular formula is C14H13BrINO3S. The third-order valence-electron chi connectivity index (χ3n) is 2.87.